The number of nitrogens with zero attached hydrogens (tertiary/aromatic N) is 8. The predicted molar refractivity (Wildman–Crippen MR) is 233 cm³/mol. The first kappa shape index (κ1) is 35.2. The summed E-state index contributed by atoms with van der Waals surface area (Å²) >= 11 is 0. The fourth-order valence-electron chi connectivity index (χ4n) is 8.51. The van der Waals surface area contributed by atoms with Crippen LogP contribution in [0.5, 0.6) is 0 Å². The van der Waals surface area contributed by atoms with Crippen LogP contribution in [-0.2, 0) is 0 Å². The van der Waals surface area contributed by atoms with Crippen LogP contribution in [-0.4, -0.2) is 14.1 Å². The van der Waals surface area contributed by atoms with E-state index in [-0.39, 0.29) is 0 Å². The Morgan fingerprint density at radius 1 is 0.350 bits per heavy atom. The van der Waals surface area contributed by atoms with Crippen molar-refractivity contribution in [1.29, 1.82) is 26.3 Å². The first-order valence-electron chi connectivity index (χ1n) is 19.0. The van der Waals surface area contributed by atoms with Gasteiger partial charge in [0.2, 0.25) is 0 Å². The van der Waals surface area contributed by atoms with Gasteiger partial charge in [-0.15, -0.1) is 0 Å². The second kappa shape index (κ2) is 14.0. The molecule has 7 aromatic carbocycles. The van der Waals surface area contributed by atoms with Crippen molar-refractivity contribution in [2.24, 2.45) is 0 Å². The number of aromatic nitrogens is 3. The molecule has 0 amide bonds. The van der Waals surface area contributed by atoms with Crippen LogP contribution in [0.15, 0.2) is 158 Å². The average molecular weight is 763 g/mol. The van der Waals surface area contributed by atoms with Gasteiger partial charge in [0.1, 0.15) is 0 Å². The topological polar surface area (TPSA) is 142 Å². The molecule has 0 saturated carbocycles. The van der Waals surface area contributed by atoms with Crippen molar-refractivity contribution >= 4 is 43.6 Å². The lowest BCUT2D eigenvalue weighted by molar-refractivity contribution is 1.09. The number of hydrogen-bond donors (Lipinski definition) is 0. The fraction of sp³-hybridized carbons (Fsp3) is 0. The van der Waals surface area contributed by atoms with Crippen molar-refractivity contribution in [3.8, 4) is 75.1 Å². The number of benzene rings is 7. The first-order chi connectivity index (χ1) is 29.5. The summed E-state index contributed by atoms with van der Waals surface area (Å²) in [6.07, 6.45) is 3.43. The summed E-state index contributed by atoms with van der Waals surface area (Å²) in [6, 6.07) is 58.2. The third kappa shape index (κ3) is 5.45. The normalized spacial score (nSPS) is 10.9. The molecule has 0 saturated heterocycles. The quantitative estimate of drug-likeness (QED) is 0.171. The highest BCUT2D eigenvalue weighted by atomic mass is 15.1. The van der Waals surface area contributed by atoms with Gasteiger partial charge in [0, 0.05) is 39.5 Å². The van der Waals surface area contributed by atoms with E-state index in [4.69, 9.17) is 0 Å². The molecule has 0 aliphatic heterocycles. The smallest absolute Gasteiger partial charge is 0.0998 e. The van der Waals surface area contributed by atoms with Crippen LogP contribution in [0.1, 0.15) is 27.8 Å². The Bertz CT molecular complexity index is 3670. The van der Waals surface area contributed by atoms with Crippen molar-refractivity contribution in [2.45, 2.75) is 0 Å². The molecule has 8 heteroatoms. The van der Waals surface area contributed by atoms with Gasteiger partial charge in [-0.3, -0.25) is 4.98 Å². The standard InChI is InChI=1S/C52H26N8/c53-27-32-9-13-40(37(21-32)29-55)35-11-15-44-42-5-1-3-7-47(42)59(49(44)23-35)51-25-39(31-57)46(34-17-19-58-20-18-34)26-52(51)60-48-8-4-2-6-43(48)45-16-12-36(24-50(45)60)41-14-10-33(28-54)22-38(41)30-56/h1-26H. The Labute approximate surface area is 343 Å². The minimum atomic E-state index is 0.396. The van der Waals surface area contributed by atoms with Crippen molar-refractivity contribution in [3.63, 3.8) is 0 Å². The molecule has 0 unspecified atom stereocenters. The van der Waals surface area contributed by atoms with Crippen molar-refractivity contribution < 1.29 is 0 Å². The number of fused-ring (bicyclic) bond motifs is 6. The number of rotatable bonds is 5. The van der Waals surface area contributed by atoms with Crippen LogP contribution in [0, 0.1) is 56.7 Å². The molecular weight excluding hydrogens is 737 g/mol. The third-order valence-corrected chi connectivity index (χ3v) is 11.2. The summed E-state index contributed by atoms with van der Waals surface area (Å²) < 4.78 is 4.42. The zero-order valence-electron chi connectivity index (χ0n) is 31.6. The molecule has 0 radical (unpaired) electrons. The van der Waals surface area contributed by atoms with Crippen LogP contribution in [0.3, 0.4) is 0 Å². The van der Waals surface area contributed by atoms with E-state index in [0.717, 1.165) is 77.2 Å². The molecule has 0 bridgehead atoms. The van der Waals surface area contributed by atoms with E-state index in [1.807, 2.05) is 66.7 Å². The van der Waals surface area contributed by atoms with Crippen molar-refractivity contribution in [3.05, 3.63) is 186 Å². The molecule has 0 aliphatic rings. The number of nitriles is 5. The van der Waals surface area contributed by atoms with E-state index < -0.39 is 0 Å². The van der Waals surface area contributed by atoms with Gasteiger partial charge in [-0.05, 0) is 101 Å². The molecule has 0 atom stereocenters. The van der Waals surface area contributed by atoms with Gasteiger partial charge >= 0.3 is 0 Å². The van der Waals surface area contributed by atoms with Crippen molar-refractivity contribution in [2.75, 3.05) is 0 Å². The molecule has 274 valence electrons. The maximum absolute atomic E-state index is 10.9. The Morgan fingerprint density at radius 3 is 1.28 bits per heavy atom. The molecule has 0 fully saturated rings. The summed E-state index contributed by atoms with van der Waals surface area (Å²) in [5, 5.41) is 54.4. The largest absolute Gasteiger partial charge is 0.307 e. The highest BCUT2D eigenvalue weighted by Crippen LogP contribution is 2.43. The van der Waals surface area contributed by atoms with E-state index in [0.29, 0.717) is 38.9 Å². The second-order valence-electron chi connectivity index (χ2n) is 14.4. The zero-order chi connectivity index (χ0) is 40.9. The average Bonchev–Trinajstić information content (AvgIpc) is 3.82. The van der Waals surface area contributed by atoms with E-state index in [1.54, 1.807) is 36.7 Å². The highest BCUT2D eigenvalue weighted by molar-refractivity contribution is 6.13. The SMILES string of the molecule is N#Cc1ccc(-c2ccc3c4ccccc4n(-c4cc(C#N)c(-c5ccncc5)cc4-n4c5ccccc5c5ccc(-c6ccc(C#N)cc6C#N)cc54)c3c2)c(C#N)c1. The summed E-state index contributed by atoms with van der Waals surface area (Å²) in [5.41, 5.74) is 11.8. The van der Waals surface area contributed by atoms with Crippen LogP contribution < -0.4 is 0 Å². The molecule has 0 aliphatic carbocycles. The lowest BCUT2D eigenvalue weighted by Gasteiger charge is -2.20. The Kier molecular flexibility index (Phi) is 8.23. The molecule has 10 rings (SSSR count). The zero-order valence-corrected chi connectivity index (χ0v) is 31.6. The van der Waals surface area contributed by atoms with Crippen LogP contribution >= 0.6 is 0 Å². The highest BCUT2D eigenvalue weighted by Gasteiger charge is 2.23. The molecule has 8 nitrogen and oxygen atoms in total. The third-order valence-electron chi connectivity index (χ3n) is 11.2. The van der Waals surface area contributed by atoms with Crippen LogP contribution in [0.2, 0.25) is 0 Å². The van der Waals surface area contributed by atoms with Crippen LogP contribution in [0.4, 0.5) is 0 Å². The van der Waals surface area contributed by atoms with Gasteiger partial charge in [0.05, 0.1) is 91.6 Å². The number of para-hydroxylation sites is 2. The molecule has 0 spiro atoms. The molecule has 60 heavy (non-hydrogen) atoms. The fourth-order valence-corrected chi connectivity index (χ4v) is 8.51. The van der Waals surface area contributed by atoms with Gasteiger partial charge in [-0.2, -0.15) is 26.3 Å². The minimum absolute atomic E-state index is 0.396. The van der Waals surface area contributed by atoms with E-state index in [1.165, 1.54) is 0 Å². The minimum Gasteiger partial charge on any atom is -0.307 e. The Hall–Kier alpha value is -9.26. The lowest BCUT2D eigenvalue weighted by atomic mass is 9.97. The monoisotopic (exact) mass is 762 g/mol. The van der Waals surface area contributed by atoms with E-state index >= 15 is 0 Å². The van der Waals surface area contributed by atoms with E-state index in [2.05, 4.69) is 99.1 Å². The van der Waals surface area contributed by atoms with Gasteiger partial charge < -0.3 is 9.13 Å². The number of pyridine rings is 1. The van der Waals surface area contributed by atoms with Crippen molar-refractivity contribution in [1.82, 2.24) is 14.1 Å². The lowest BCUT2D eigenvalue weighted by Crippen LogP contribution is -2.05. The summed E-state index contributed by atoms with van der Waals surface area (Å²) in [6.45, 7) is 0. The van der Waals surface area contributed by atoms with Gasteiger partial charge in [0.25, 0.3) is 0 Å². The number of hydrogen-bond acceptors (Lipinski definition) is 6. The van der Waals surface area contributed by atoms with Gasteiger partial charge in [-0.25, -0.2) is 0 Å². The Balaban J connectivity index is 1.34. The molecule has 3 heterocycles. The Morgan fingerprint density at radius 2 is 0.800 bits per heavy atom. The van der Waals surface area contributed by atoms with E-state index in [9.17, 15) is 26.3 Å². The maximum Gasteiger partial charge on any atom is 0.0998 e. The molecular formula is C52H26N8. The summed E-state index contributed by atoms with van der Waals surface area (Å²) in [5.74, 6) is 0. The first-order valence-corrected chi connectivity index (χ1v) is 19.0. The second-order valence-corrected chi connectivity index (χ2v) is 14.4. The van der Waals surface area contributed by atoms with Gasteiger partial charge in [0.15, 0.2) is 0 Å². The predicted octanol–water partition coefficient (Wildman–Crippen LogP) is 11.6. The molecule has 0 N–H and O–H groups in total. The molecule has 3 aromatic heterocycles. The summed E-state index contributed by atoms with van der Waals surface area (Å²) in [7, 11) is 0. The molecule has 10 aromatic rings. The van der Waals surface area contributed by atoms with Gasteiger partial charge in [-0.1, -0.05) is 72.8 Å². The summed E-state index contributed by atoms with van der Waals surface area (Å²) in [4.78, 5) is 4.26. The van der Waals surface area contributed by atoms with Crippen LogP contribution in [0.25, 0.3) is 88.4 Å². The maximum atomic E-state index is 10.9.